The summed E-state index contributed by atoms with van der Waals surface area (Å²) in [5.74, 6) is -0.680. The minimum Gasteiger partial charge on any atom is -0.481 e. The summed E-state index contributed by atoms with van der Waals surface area (Å²) >= 11 is 0. The first-order chi connectivity index (χ1) is 12.2. The second-order valence-electron chi connectivity index (χ2n) is 8.00. The fourth-order valence-electron chi connectivity index (χ4n) is 3.57. The molecule has 1 fully saturated rings. The lowest BCUT2D eigenvalue weighted by atomic mass is 9.72. The molecule has 0 aromatic heterocycles. The third kappa shape index (κ3) is 4.85. The third-order valence-corrected chi connectivity index (χ3v) is 5.48. The Balaban J connectivity index is 2.03. The van der Waals surface area contributed by atoms with Crippen LogP contribution in [0.5, 0.6) is 0 Å². The van der Waals surface area contributed by atoms with E-state index in [0.717, 1.165) is 12.0 Å². The van der Waals surface area contributed by atoms with Crippen molar-refractivity contribution >= 4 is 11.9 Å². The number of amides is 1. The first-order valence-electron chi connectivity index (χ1n) is 9.49. The number of benzene rings is 1. The fourth-order valence-corrected chi connectivity index (χ4v) is 3.57. The van der Waals surface area contributed by atoms with Crippen LogP contribution in [-0.2, 0) is 16.0 Å². The molecule has 1 aliphatic heterocycles. The summed E-state index contributed by atoms with van der Waals surface area (Å²) in [6, 6.07) is 8.09. The van der Waals surface area contributed by atoms with Gasteiger partial charge in [-0.05, 0) is 44.1 Å². The molecule has 5 heteroatoms. The Morgan fingerprint density at radius 3 is 2.50 bits per heavy atom. The molecular formula is C21H31NO4. The van der Waals surface area contributed by atoms with Crippen LogP contribution in [0.4, 0.5) is 0 Å². The van der Waals surface area contributed by atoms with Crippen molar-refractivity contribution < 1.29 is 19.8 Å². The molecular weight excluding hydrogens is 330 g/mol. The van der Waals surface area contributed by atoms with Crippen molar-refractivity contribution in [3.8, 4) is 0 Å². The predicted molar refractivity (Wildman–Crippen MR) is 101 cm³/mol. The van der Waals surface area contributed by atoms with Crippen LogP contribution in [0.25, 0.3) is 0 Å². The number of aliphatic hydroxyl groups excluding tert-OH is 1. The molecule has 5 nitrogen and oxygen atoms in total. The molecule has 0 radical (unpaired) electrons. The van der Waals surface area contributed by atoms with Gasteiger partial charge >= 0.3 is 5.97 Å². The maximum absolute atomic E-state index is 12.6. The summed E-state index contributed by atoms with van der Waals surface area (Å²) < 4.78 is 0. The highest BCUT2D eigenvalue weighted by Crippen LogP contribution is 2.37. The molecule has 0 bridgehead atoms. The van der Waals surface area contributed by atoms with Gasteiger partial charge in [0.05, 0.1) is 6.10 Å². The van der Waals surface area contributed by atoms with Crippen molar-refractivity contribution in [1.82, 2.24) is 4.90 Å². The summed E-state index contributed by atoms with van der Waals surface area (Å²) in [5.41, 5.74) is 1.04. The summed E-state index contributed by atoms with van der Waals surface area (Å²) in [5, 5.41) is 20.2. The zero-order chi connectivity index (χ0) is 19.3. The standard InChI is InChI=1S/C21H31NO4/c1-15(2)10-12-21(20(25)26)14-22(13-11-18(21)23)19(24)9-8-17-6-4-16(3)5-7-17/h4-7,15,18,23H,8-14H2,1-3H3,(H,25,26)/t18-,21+/m0/s1. The van der Waals surface area contributed by atoms with Gasteiger partial charge in [0, 0.05) is 19.5 Å². The Morgan fingerprint density at radius 1 is 1.27 bits per heavy atom. The van der Waals surface area contributed by atoms with Gasteiger partial charge in [0.1, 0.15) is 5.41 Å². The number of carboxylic acids is 1. The van der Waals surface area contributed by atoms with Crippen molar-refractivity contribution in [3.05, 3.63) is 35.4 Å². The van der Waals surface area contributed by atoms with E-state index in [1.807, 2.05) is 45.0 Å². The number of hydrogen-bond donors (Lipinski definition) is 2. The third-order valence-electron chi connectivity index (χ3n) is 5.48. The highest BCUT2D eigenvalue weighted by Gasteiger charge is 2.49. The van der Waals surface area contributed by atoms with Crippen LogP contribution in [0.2, 0.25) is 0 Å². The number of aliphatic hydroxyl groups is 1. The second-order valence-corrected chi connectivity index (χ2v) is 8.00. The highest BCUT2D eigenvalue weighted by atomic mass is 16.4. The number of carbonyl (C=O) groups excluding carboxylic acids is 1. The van der Waals surface area contributed by atoms with E-state index in [1.165, 1.54) is 5.56 Å². The molecule has 144 valence electrons. The van der Waals surface area contributed by atoms with Crippen molar-refractivity contribution in [2.75, 3.05) is 13.1 Å². The number of likely N-dealkylation sites (tertiary alicyclic amines) is 1. The van der Waals surface area contributed by atoms with E-state index < -0.39 is 17.5 Å². The molecule has 2 N–H and O–H groups in total. The molecule has 1 amide bonds. The van der Waals surface area contributed by atoms with Crippen LogP contribution in [0.1, 0.15) is 50.7 Å². The molecule has 2 atom stereocenters. The zero-order valence-corrected chi connectivity index (χ0v) is 16.1. The molecule has 1 saturated heterocycles. The predicted octanol–water partition coefficient (Wildman–Crippen LogP) is 3.03. The summed E-state index contributed by atoms with van der Waals surface area (Å²) in [6.45, 7) is 6.62. The Labute approximate surface area is 156 Å². The Hall–Kier alpha value is -1.88. The van der Waals surface area contributed by atoms with Crippen LogP contribution >= 0.6 is 0 Å². The molecule has 1 aromatic rings. The number of nitrogens with zero attached hydrogens (tertiary/aromatic N) is 1. The van der Waals surface area contributed by atoms with Crippen LogP contribution in [0.15, 0.2) is 24.3 Å². The number of carboxylic acid groups (broad SMARTS) is 1. The van der Waals surface area contributed by atoms with E-state index in [-0.39, 0.29) is 12.5 Å². The summed E-state index contributed by atoms with van der Waals surface area (Å²) in [7, 11) is 0. The average molecular weight is 361 g/mol. The Kier molecular flexibility index (Phi) is 6.81. The van der Waals surface area contributed by atoms with Crippen molar-refractivity contribution in [2.45, 2.75) is 59.0 Å². The Bertz CT molecular complexity index is 625. The van der Waals surface area contributed by atoms with E-state index in [9.17, 15) is 19.8 Å². The van der Waals surface area contributed by atoms with Crippen LogP contribution in [-0.4, -0.2) is 46.2 Å². The molecule has 1 aromatic carbocycles. The molecule has 2 rings (SSSR count). The van der Waals surface area contributed by atoms with Gasteiger partial charge in [0.15, 0.2) is 0 Å². The van der Waals surface area contributed by atoms with Crippen molar-refractivity contribution in [1.29, 1.82) is 0 Å². The lowest BCUT2D eigenvalue weighted by molar-refractivity contribution is -0.167. The van der Waals surface area contributed by atoms with Gasteiger partial charge < -0.3 is 15.1 Å². The molecule has 26 heavy (non-hydrogen) atoms. The first kappa shape index (κ1) is 20.4. The zero-order valence-electron chi connectivity index (χ0n) is 16.1. The van der Waals surface area contributed by atoms with E-state index >= 15 is 0 Å². The molecule has 1 aliphatic rings. The van der Waals surface area contributed by atoms with Gasteiger partial charge in [0.2, 0.25) is 5.91 Å². The number of aryl methyl sites for hydroxylation is 2. The normalized spacial score (nSPS) is 23.3. The van der Waals surface area contributed by atoms with Gasteiger partial charge in [0.25, 0.3) is 0 Å². The van der Waals surface area contributed by atoms with Gasteiger partial charge in [-0.3, -0.25) is 9.59 Å². The SMILES string of the molecule is Cc1ccc(CCC(=O)N2CC[C@H](O)[C@](CCC(C)C)(C(=O)O)C2)cc1. The van der Waals surface area contributed by atoms with E-state index in [2.05, 4.69) is 0 Å². The van der Waals surface area contributed by atoms with Crippen molar-refractivity contribution in [2.24, 2.45) is 11.3 Å². The van der Waals surface area contributed by atoms with Gasteiger partial charge in [-0.2, -0.15) is 0 Å². The number of carbonyl (C=O) groups is 2. The number of rotatable bonds is 7. The molecule has 0 saturated carbocycles. The summed E-state index contributed by atoms with van der Waals surface area (Å²) in [6.07, 6.45) is 1.53. The fraction of sp³-hybridized carbons (Fsp3) is 0.619. The smallest absolute Gasteiger partial charge is 0.314 e. The summed E-state index contributed by atoms with van der Waals surface area (Å²) in [4.78, 5) is 26.3. The van der Waals surface area contributed by atoms with Gasteiger partial charge in [-0.25, -0.2) is 0 Å². The lowest BCUT2D eigenvalue weighted by Crippen LogP contribution is -2.57. The second kappa shape index (κ2) is 8.67. The largest absolute Gasteiger partial charge is 0.481 e. The van der Waals surface area contributed by atoms with Crippen LogP contribution in [0, 0.1) is 18.3 Å². The van der Waals surface area contributed by atoms with E-state index in [0.29, 0.717) is 38.1 Å². The van der Waals surface area contributed by atoms with Crippen LogP contribution in [0.3, 0.4) is 0 Å². The molecule has 0 unspecified atom stereocenters. The molecule has 1 heterocycles. The van der Waals surface area contributed by atoms with Gasteiger partial charge in [-0.1, -0.05) is 43.7 Å². The minimum atomic E-state index is -1.25. The topological polar surface area (TPSA) is 77.8 Å². The van der Waals surface area contributed by atoms with Gasteiger partial charge in [-0.15, -0.1) is 0 Å². The highest BCUT2D eigenvalue weighted by molar-refractivity contribution is 5.80. The molecule has 0 spiro atoms. The van der Waals surface area contributed by atoms with E-state index in [1.54, 1.807) is 4.90 Å². The quantitative estimate of drug-likeness (QED) is 0.782. The molecule has 0 aliphatic carbocycles. The first-order valence-corrected chi connectivity index (χ1v) is 9.49. The maximum Gasteiger partial charge on any atom is 0.314 e. The number of aliphatic carboxylic acids is 1. The monoisotopic (exact) mass is 361 g/mol. The maximum atomic E-state index is 12.6. The minimum absolute atomic E-state index is 0.0346. The van der Waals surface area contributed by atoms with Crippen molar-refractivity contribution in [3.63, 3.8) is 0 Å². The average Bonchev–Trinajstić information content (AvgIpc) is 2.60. The number of piperidine rings is 1. The number of hydrogen-bond acceptors (Lipinski definition) is 3. The van der Waals surface area contributed by atoms with Crippen LogP contribution < -0.4 is 0 Å². The van der Waals surface area contributed by atoms with E-state index in [4.69, 9.17) is 0 Å². The Morgan fingerprint density at radius 2 is 1.92 bits per heavy atom. The lowest BCUT2D eigenvalue weighted by Gasteiger charge is -2.43.